The van der Waals surface area contributed by atoms with Gasteiger partial charge in [0.2, 0.25) is 0 Å². The quantitative estimate of drug-likeness (QED) is 0.710. The van der Waals surface area contributed by atoms with Crippen LogP contribution in [0, 0.1) is 0 Å². The van der Waals surface area contributed by atoms with Gasteiger partial charge in [-0.05, 0) is 26.2 Å². The highest BCUT2D eigenvalue weighted by Gasteiger charge is 2.40. The molecule has 1 heterocycles. The minimum absolute atomic E-state index is 0.219. The summed E-state index contributed by atoms with van der Waals surface area (Å²) < 4.78 is 4.98. The second kappa shape index (κ2) is 5.61. The first-order chi connectivity index (χ1) is 7.50. The first kappa shape index (κ1) is 13.4. The lowest BCUT2D eigenvalue weighted by Crippen LogP contribution is -2.57. The lowest BCUT2D eigenvalue weighted by molar-refractivity contribution is -0.152. The maximum Gasteiger partial charge on any atom is 0.323 e. The molecule has 1 saturated heterocycles. The smallest absolute Gasteiger partial charge is 0.323 e. The van der Waals surface area contributed by atoms with E-state index in [2.05, 4.69) is 0 Å². The first-order valence-corrected chi connectivity index (χ1v) is 5.73. The van der Waals surface area contributed by atoms with Crippen LogP contribution < -0.4 is 5.73 Å². The van der Waals surface area contributed by atoms with E-state index in [1.165, 1.54) is 0 Å². The van der Waals surface area contributed by atoms with Crippen LogP contribution in [0.5, 0.6) is 0 Å². The van der Waals surface area contributed by atoms with Crippen molar-refractivity contribution in [3.63, 3.8) is 0 Å². The van der Waals surface area contributed by atoms with Crippen molar-refractivity contribution in [1.82, 2.24) is 4.90 Å². The highest BCUT2D eigenvalue weighted by Crippen LogP contribution is 2.24. The summed E-state index contributed by atoms with van der Waals surface area (Å²) in [6.07, 6.45) is 2.25. The number of piperidine rings is 1. The highest BCUT2D eigenvalue weighted by atomic mass is 16.5. The van der Waals surface area contributed by atoms with Gasteiger partial charge in [-0.2, -0.15) is 0 Å². The van der Waals surface area contributed by atoms with Crippen LogP contribution >= 0.6 is 0 Å². The number of carboxylic acids is 1. The Hall–Kier alpha value is -0.650. The molecule has 1 fully saturated rings. The fourth-order valence-electron chi connectivity index (χ4n) is 2.09. The largest absolute Gasteiger partial charge is 0.480 e. The number of ether oxygens (including phenoxy) is 1. The van der Waals surface area contributed by atoms with Crippen molar-refractivity contribution in [3.8, 4) is 0 Å². The second-order valence-corrected chi connectivity index (χ2v) is 4.65. The second-order valence-electron chi connectivity index (χ2n) is 4.65. The molecule has 0 saturated carbocycles. The number of likely N-dealkylation sites (tertiary alicyclic amines) is 1. The molecule has 3 N–H and O–H groups in total. The lowest BCUT2D eigenvalue weighted by atomic mass is 9.92. The Morgan fingerprint density at radius 2 is 2.12 bits per heavy atom. The van der Waals surface area contributed by atoms with Crippen LogP contribution in [0.1, 0.15) is 26.2 Å². The van der Waals surface area contributed by atoms with E-state index in [9.17, 15) is 9.90 Å². The molecule has 1 aliphatic heterocycles. The molecule has 0 radical (unpaired) electrons. The molecule has 0 aliphatic carbocycles. The van der Waals surface area contributed by atoms with Crippen molar-refractivity contribution < 1.29 is 14.6 Å². The van der Waals surface area contributed by atoms with E-state index in [4.69, 9.17) is 10.5 Å². The normalized spacial score (nSPS) is 22.9. The number of carboxylic acid groups (broad SMARTS) is 1. The molecule has 0 aromatic rings. The predicted octanol–water partition coefficient (Wildman–Crippen LogP) is 0.289. The molecule has 1 atom stereocenters. The highest BCUT2D eigenvalue weighted by molar-refractivity contribution is 5.78. The minimum Gasteiger partial charge on any atom is -0.480 e. The van der Waals surface area contributed by atoms with Crippen molar-refractivity contribution in [3.05, 3.63) is 0 Å². The number of nitrogens with two attached hydrogens (primary N) is 1. The van der Waals surface area contributed by atoms with E-state index in [-0.39, 0.29) is 6.04 Å². The SMILES string of the molecule is COCCC(C)(C(=O)O)N1CCC(N)CC1. The monoisotopic (exact) mass is 230 g/mol. The number of methoxy groups -OCH3 is 1. The van der Waals surface area contributed by atoms with E-state index in [0.717, 1.165) is 25.9 Å². The van der Waals surface area contributed by atoms with Crippen molar-refractivity contribution in [1.29, 1.82) is 0 Å². The zero-order chi connectivity index (χ0) is 12.2. The van der Waals surface area contributed by atoms with Crippen molar-refractivity contribution in [2.75, 3.05) is 26.8 Å². The van der Waals surface area contributed by atoms with Crippen molar-refractivity contribution in [2.24, 2.45) is 5.73 Å². The molecular weight excluding hydrogens is 208 g/mol. The van der Waals surface area contributed by atoms with Crippen molar-refractivity contribution >= 4 is 5.97 Å². The maximum absolute atomic E-state index is 11.4. The van der Waals surface area contributed by atoms with Crippen LogP contribution in [-0.2, 0) is 9.53 Å². The molecule has 16 heavy (non-hydrogen) atoms. The van der Waals surface area contributed by atoms with Gasteiger partial charge in [-0.25, -0.2) is 0 Å². The van der Waals surface area contributed by atoms with E-state index in [1.807, 2.05) is 4.90 Å². The zero-order valence-electron chi connectivity index (χ0n) is 10.1. The van der Waals surface area contributed by atoms with Crippen LogP contribution in [0.15, 0.2) is 0 Å². The molecule has 5 nitrogen and oxygen atoms in total. The molecule has 5 heteroatoms. The van der Waals surface area contributed by atoms with Crippen LogP contribution in [0.4, 0.5) is 0 Å². The van der Waals surface area contributed by atoms with Gasteiger partial charge in [-0.3, -0.25) is 9.69 Å². The van der Waals surface area contributed by atoms with E-state index in [1.54, 1.807) is 14.0 Å². The summed E-state index contributed by atoms with van der Waals surface area (Å²) in [7, 11) is 1.59. The third-order valence-corrected chi connectivity index (χ3v) is 3.49. The maximum atomic E-state index is 11.4. The number of nitrogens with zero attached hydrogens (tertiary/aromatic N) is 1. The molecule has 0 aromatic carbocycles. The van der Waals surface area contributed by atoms with Gasteiger partial charge in [0.15, 0.2) is 0 Å². The molecule has 0 amide bonds. The van der Waals surface area contributed by atoms with Gasteiger partial charge < -0.3 is 15.6 Å². The summed E-state index contributed by atoms with van der Waals surface area (Å²) in [6.45, 7) is 3.75. The van der Waals surface area contributed by atoms with E-state index < -0.39 is 11.5 Å². The van der Waals surface area contributed by atoms with Gasteiger partial charge >= 0.3 is 5.97 Å². The number of aliphatic carboxylic acids is 1. The summed E-state index contributed by atoms with van der Waals surface area (Å²) >= 11 is 0. The zero-order valence-corrected chi connectivity index (χ0v) is 10.1. The minimum atomic E-state index is -0.823. The lowest BCUT2D eigenvalue weighted by Gasteiger charge is -2.41. The number of hydrogen-bond acceptors (Lipinski definition) is 4. The molecule has 1 aliphatic rings. The van der Waals surface area contributed by atoms with Gasteiger partial charge in [-0.15, -0.1) is 0 Å². The van der Waals surface area contributed by atoms with Crippen LogP contribution in [-0.4, -0.2) is 54.4 Å². The van der Waals surface area contributed by atoms with Gasteiger partial charge in [0.05, 0.1) is 0 Å². The molecule has 1 unspecified atom stereocenters. The summed E-state index contributed by atoms with van der Waals surface area (Å²) in [6, 6.07) is 0.219. The van der Waals surface area contributed by atoms with Gasteiger partial charge in [0, 0.05) is 32.8 Å². The van der Waals surface area contributed by atoms with Crippen molar-refractivity contribution in [2.45, 2.75) is 37.8 Å². The number of carbonyl (C=O) groups is 1. The van der Waals surface area contributed by atoms with Crippen LogP contribution in [0.25, 0.3) is 0 Å². The van der Waals surface area contributed by atoms with Gasteiger partial charge in [-0.1, -0.05) is 0 Å². The summed E-state index contributed by atoms with van der Waals surface area (Å²) in [5.41, 5.74) is 4.99. The summed E-state index contributed by atoms with van der Waals surface area (Å²) in [5, 5.41) is 9.35. The number of hydrogen-bond donors (Lipinski definition) is 2. The molecule has 0 spiro atoms. The Labute approximate surface area is 96.6 Å². The summed E-state index contributed by atoms with van der Waals surface area (Å²) in [4.78, 5) is 13.4. The Morgan fingerprint density at radius 1 is 1.56 bits per heavy atom. The average Bonchev–Trinajstić information content (AvgIpc) is 2.26. The average molecular weight is 230 g/mol. The third kappa shape index (κ3) is 2.93. The van der Waals surface area contributed by atoms with Gasteiger partial charge in [0.1, 0.15) is 5.54 Å². The Kier molecular flexibility index (Phi) is 4.70. The molecular formula is C11H22N2O3. The van der Waals surface area contributed by atoms with Crippen LogP contribution in [0.3, 0.4) is 0 Å². The standard InChI is InChI=1S/C11H22N2O3/c1-11(10(14)15,5-8-16-2)13-6-3-9(12)4-7-13/h9H,3-8,12H2,1-2H3,(H,14,15). The predicted molar refractivity (Wildman–Crippen MR) is 61.3 cm³/mol. The van der Waals surface area contributed by atoms with E-state index >= 15 is 0 Å². The fraction of sp³-hybridized carbons (Fsp3) is 0.909. The van der Waals surface area contributed by atoms with E-state index in [0.29, 0.717) is 13.0 Å². The molecule has 0 aromatic heterocycles. The Balaban J connectivity index is 2.65. The third-order valence-electron chi connectivity index (χ3n) is 3.49. The topological polar surface area (TPSA) is 75.8 Å². The summed E-state index contributed by atoms with van der Waals surface area (Å²) in [5.74, 6) is -0.778. The van der Waals surface area contributed by atoms with Gasteiger partial charge in [0.25, 0.3) is 0 Å². The Morgan fingerprint density at radius 3 is 2.56 bits per heavy atom. The Bertz CT molecular complexity index is 239. The fourth-order valence-corrected chi connectivity index (χ4v) is 2.09. The molecule has 0 bridgehead atoms. The first-order valence-electron chi connectivity index (χ1n) is 5.73. The molecule has 1 rings (SSSR count). The number of rotatable bonds is 5. The van der Waals surface area contributed by atoms with Crippen LogP contribution in [0.2, 0.25) is 0 Å². The molecule has 94 valence electrons.